The molecule has 120 valence electrons. The van der Waals surface area contributed by atoms with E-state index in [-0.39, 0.29) is 28.6 Å². The highest BCUT2D eigenvalue weighted by molar-refractivity contribution is 7.93. The number of halogens is 4. The third-order valence-electron chi connectivity index (χ3n) is 2.27. The minimum Gasteiger partial charge on any atom is -0.382 e. The molecule has 1 N–H and O–H groups in total. The molecule has 0 saturated heterocycles. The highest BCUT2D eigenvalue weighted by atomic mass is 35.5. The molecule has 5 nitrogen and oxygen atoms in total. The van der Waals surface area contributed by atoms with Crippen molar-refractivity contribution in [2.45, 2.75) is 12.4 Å². The van der Waals surface area contributed by atoms with Gasteiger partial charge in [-0.05, 0) is 25.1 Å². The van der Waals surface area contributed by atoms with Gasteiger partial charge in [0.05, 0.1) is 11.4 Å². The second kappa shape index (κ2) is 6.89. The minimum atomic E-state index is -5.57. The van der Waals surface area contributed by atoms with Gasteiger partial charge in [0, 0.05) is 10.6 Å². The number of nitrogens with one attached hydrogen (secondary N) is 1. The Balaban J connectivity index is 3.23. The van der Waals surface area contributed by atoms with Crippen LogP contribution in [0.2, 0.25) is 5.02 Å². The van der Waals surface area contributed by atoms with E-state index in [2.05, 4.69) is 11.1 Å². The van der Waals surface area contributed by atoms with Gasteiger partial charge in [-0.25, -0.2) is 0 Å². The molecule has 1 aromatic rings. The molecule has 0 fully saturated rings. The second-order valence-electron chi connectivity index (χ2n) is 3.90. The number of benzene rings is 1. The Bertz CT molecular complexity index is 724. The number of anilines is 1. The van der Waals surface area contributed by atoms with E-state index in [9.17, 15) is 21.6 Å². The molecule has 0 radical (unpaired) electrons. The molecule has 0 bridgehead atoms. The second-order valence-corrected chi connectivity index (χ2v) is 6.01. The standard InChI is InChI=1S/C12H10ClF3N2O3S/c1-3-6-21-17-8(2)10-7-9(13)4-5-11(10)18-22(19,20)12(14,15)16/h1,4-5,7,18H,6H2,2H3. The molecule has 0 atom stereocenters. The summed E-state index contributed by atoms with van der Waals surface area (Å²) in [5.41, 5.74) is -5.67. The van der Waals surface area contributed by atoms with Gasteiger partial charge in [0.25, 0.3) is 0 Å². The fraction of sp³-hybridized carbons (Fsp3) is 0.250. The lowest BCUT2D eigenvalue weighted by molar-refractivity contribution is -0.0429. The Kier molecular flexibility index (Phi) is 5.68. The summed E-state index contributed by atoms with van der Waals surface area (Å²) < 4.78 is 61.1. The monoisotopic (exact) mass is 354 g/mol. The maximum atomic E-state index is 12.4. The topological polar surface area (TPSA) is 67.8 Å². The molecule has 0 aliphatic rings. The summed E-state index contributed by atoms with van der Waals surface area (Å²) in [5, 5.41) is 3.75. The van der Waals surface area contributed by atoms with Gasteiger partial charge in [-0.3, -0.25) is 4.72 Å². The first-order chi connectivity index (χ1) is 10.1. The normalized spacial score (nSPS) is 12.6. The van der Waals surface area contributed by atoms with Crippen LogP contribution >= 0.6 is 11.6 Å². The maximum Gasteiger partial charge on any atom is 0.516 e. The van der Waals surface area contributed by atoms with E-state index in [1.807, 2.05) is 0 Å². The molecule has 0 spiro atoms. The van der Waals surface area contributed by atoms with Crippen molar-refractivity contribution in [3.63, 3.8) is 0 Å². The van der Waals surface area contributed by atoms with E-state index < -0.39 is 15.5 Å². The van der Waals surface area contributed by atoms with Crippen molar-refractivity contribution < 1.29 is 26.4 Å². The number of rotatable bonds is 5. The summed E-state index contributed by atoms with van der Waals surface area (Å²) in [6.45, 7) is 1.25. The zero-order chi connectivity index (χ0) is 17.0. The molecular formula is C12H10ClF3N2O3S. The molecular weight excluding hydrogens is 345 g/mol. The Hall–Kier alpha value is -1.92. The van der Waals surface area contributed by atoms with Crippen molar-refractivity contribution in [2.24, 2.45) is 5.16 Å². The summed E-state index contributed by atoms with van der Waals surface area (Å²) >= 11 is 5.76. The number of hydrogen-bond donors (Lipinski definition) is 1. The van der Waals surface area contributed by atoms with Crippen LogP contribution in [0.25, 0.3) is 0 Å². The molecule has 0 aliphatic heterocycles. The van der Waals surface area contributed by atoms with Crippen molar-refractivity contribution >= 4 is 33.0 Å². The molecule has 0 amide bonds. The summed E-state index contributed by atoms with van der Waals surface area (Å²) in [6.07, 6.45) is 4.96. The van der Waals surface area contributed by atoms with Crippen LogP contribution in [0.4, 0.5) is 18.9 Å². The molecule has 1 aromatic carbocycles. The summed E-state index contributed by atoms with van der Waals surface area (Å²) in [4.78, 5) is 4.70. The number of hydrogen-bond acceptors (Lipinski definition) is 4. The van der Waals surface area contributed by atoms with Crippen LogP contribution in [0.5, 0.6) is 0 Å². The molecule has 10 heteroatoms. The number of alkyl halides is 3. The number of oxime groups is 1. The van der Waals surface area contributed by atoms with Gasteiger partial charge in [-0.1, -0.05) is 22.7 Å². The van der Waals surface area contributed by atoms with Crippen LogP contribution in [-0.4, -0.2) is 26.2 Å². The zero-order valence-electron chi connectivity index (χ0n) is 11.1. The average molecular weight is 355 g/mol. The number of sulfonamides is 1. The fourth-order valence-electron chi connectivity index (χ4n) is 1.32. The fourth-order valence-corrected chi connectivity index (χ4v) is 2.08. The summed E-state index contributed by atoms with van der Waals surface area (Å²) in [6, 6.07) is 3.56. The lowest BCUT2D eigenvalue weighted by Gasteiger charge is -2.14. The van der Waals surface area contributed by atoms with Gasteiger partial charge in [-0.2, -0.15) is 21.6 Å². The van der Waals surface area contributed by atoms with E-state index in [4.69, 9.17) is 22.9 Å². The molecule has 0 unspecified atom stereocenters. The van der Waals surface area contributed by atoms with Gasteiger partial charge >= 0.3 is 15.5 Å². The van der Waals surface area contributed by atoms with Crippen molar-refractivity contribution in [3.05, 3.63) is 28.8 Å². The van der Waals surface area contributed by atoms with Crippen molar-refractivity contribution in [3.8, 4) is 12.3 Å². The first kappa shape index (κ1) is 18.1. The van der Waals surface area contributed by atoms with Crippen LogP contribution in [0.3, 0.4) is 0 Å². The Morgan fingerprint density at radius 3 is 2.68 bits per heavy atom. The first-order valence-corrected chi connectivity index (χ1v) is 7.43. The maximum absolute atomic E-state index is 12.4. The van der Waals surface area contributed by atoms with Crippen LogP contribution in [0.15, 0.2) is 23.4 Å². The van der Waals surface area contributed by atoms with Crippen molar-refractivity contribution in [1.29, 1.82) is 0 Å². The minimum absolute atomic E-state index is 0.0253. The van der Waals surface area contributed by atoms with Gasteiger partial charge in [0.15, 0.2) is 6.61 Å². The molecule has 22 heavy (non-hydrogen) atoms. The third kappa shape index (κ3) is 4.54. The zero-order valence-corrected chi connectivity index (χ0v) is 12.7. The number of terminal acetylenes is 1. The van der Waals surface area contributed by atoms with E-state index >= 15 is 0 Å². The Labute approximate surface area is 130 Å². The smallest absolute Gasteiger partial charge is 0.382 e. The quantitative estimate of drug-likeness (QED) is 0.382. The van der Waals surface area contributed by atoms with Crippen LogP contribution < -0.4 is 4.72 Å². The van der Waals surface area contributed by atoms with E-state index in [1.54, 1.807) is 0 Å². The predicted octanol–water partition coefficient (Wildman–Crippen LogP) is 2.98. The van der Waals surface area contributed by atoms with Gasteiger partial charge in [0.2, 0.25) is 0 Å². The lowest BCUT2D eigenvalue weighted by Crippen LogP contribution is -2.30. The van der Waals surface area contributed by atoms with E-state index in [1.165, 1.54) is 23.8 Å². The van der Waals surface area contributed by atoms with Gasteiger partial charge in [-0.15, -0.1) is 6.42 Å². The SMILES string of the molecule is C#CCON=C(C)c1cc(Cl)ccc1NS(=O)(=O)C(F)(F)F. The van der Waals surface area contributed by atoms with Crippen molar-refractivity contribution in [2.75, 3.05) is 11.3 Å². The Morgan fingerprint density at radius 2 is 2.14 bits per heavy atom. The van der Waals surface area contributed by atoms with E-state index in [0.29, 0.717) is 0 Å². The van der Waals surface area contributed by atoms with Crippen LogP contribution in [0, 0.1) is 12.3 Å². The Morgan fingerprint density at radius 1 is 1.50 bits per heavy atom. The number of nitrogens with zero attached hydrogens (tertiary/aromatic N) is 1. The van der Waals surface area contributed by atoms with Crippen LogP contribution in [-0.2, 0) is 14.9 Å². The summed E-state index contributed by atoms with van der Waals surface area (Å²) in [7, 11) is -5.57. The third-order valence-corrected chi connectivity index (χ3v) is 3.60. The highest BCUT2D eigenvalue weighted by Crippen LogP contribution is 2.28. The average Bonchev–Trinajstić information content (AvgIpc) is 2.39. The van der Waals surface area contributed by atoms with Gasteiger partial charge < -0.3 is 4.84 Å². The molecule has 1 rings (SSSR count). The van der Waals surface area contributed by atoms with Crippen molar-refractivity contribution in [1.82, 2.24) is 0 Å². The van der Waals surface area contributed by atoms with E-state index in [0.717, 1.165) is 6.07 Å². The molecule has 0 saturated carbocycles. The predicted molar refractivity (Wildman–Crippen MR) is 77.0 cm³/mol. The van der Waals surface area contributed by atoms with Crippen LogP contribution in [0.1, 0.15) is 12.5 Å². The highest BCUT2D eigenvalue weighted by Gasteiger charge is 2.46. The first-order valence-electron chi connectivity index (χ1n) is 5.57. The largest absolute Gasteiger partial charge is 0.516 e. The summed E-state index contributed by atoms with van der Waals surface area (Å²) in [5.74, 6) is 2.14. The lowest BCUT2D eigenvalue weighted by atomic mass is 10.1. The molecule has 0 heterocycles. The molecule has 0 aliphatic carbocycles. The van der Waals surface area contributed by atoms with Gasteiger partial charge in [0.1, 0.15) is 0 Å². The molecule has 0 aromatic heterocycles.